The lowest BCUT2D eigenvalue weighted by Gasteiger charge is -2.08. The highest BCUT2D eigenvalue weighted by molar-refractivity contribution is 6.31. The Morgan fingerprint density at radius 3 is 2.33 bits per heavy atom. The van der Waals surface area contributed by atoms with Gasteiger partial charge in [0, 0.05) is 11.6 Å². The second-order valence-corrected chi connectivity index (χ2v) is 4.59. The molecule has 18 heavy (non-hydrogen) atoms. The molecule has 0 aliphatic carbocycles. The van der Waals surface area contributed by atoms with Crippen molar-refractivity contribution in [2.24, 2.45) is 0 Å². The Balaban J connectivity index is 2.10. The van der Waals surface area contributed by atoms with Crippen LogP contribution in [-0.2, 0) is 6.54 Å². The van der Waals surface area contributed by atoms with Crippen LogP contribution in [0.3, 0.4) is 0 Å². The van der Waals surface area contributed by atoms with Crippen molar-refractivity contribution < 1.29 is 4.74 Å². The van der Waals surface area contributed by atoms with Crippen LogP contribution in [0.2, 0.25) is 5.02 Å². The summed E-state index contributed by atoms with van der Waals surface area (Å²) in [5, 5.41) is 3.87. The summed E-state index contributed by atoms with van der Waals surface area (Å²) < 4.78 is 5.77. The topological polar surface area (TPSA) is 21.3 Å². The average Bonchev–Trinajstić information content (AvgIpc) is 2.37. The maximum absolute atomic E-state index is 5.98. The molecule has 2 nitrogen and oxygen atoms in total. The van der Waals surface area contributed by atoms with Crippen molar-refractivity contribution in [1.82, 2.24) is 5.32 Å². The molecule has 0 aliphatic rings. The molecule has 1 N–H and O–H groups in total. The third-order valence-corrected chi connectivity index (χ3v) is 3.09. The zero-order valence-electron chi connectivity index (χ0n) is 10.5. The van der Waals surface area contributed by atoms with Crippen LogP contribution in [0.1, 0.15) is 11.1 Å². The van der Waals surface area contributed by atoms with Gasteiger partial charge in [0.05, 0.1) is 0 Å². The second-order valence-electron chi connectivity index (χ2n) is 4.19. The average molecular weight is 262 g/mol. The number of hydrogen-bond donors (Lipinski definition) is 1. The fourth-order valence-corrected chi connectivity index (χ4v) is 1.81. The summed E-state index contributed by atoms with van der Waals surface area (Å²) in [6.07, 6.45) is 0. The van der Waals surface area contributed by atoms with E-state index in [9.17, 15) is 0 Å². The Hall–Kier alpha value is -1.51. The number of hydrogen-bond acceptors (Lipinski definition) is 2. The van der Waals surface area contributed by atoms with Crippen molar-refractivity contribution in [3.8, 4) is 11.5 Å². The zero-order chi connectivity index (χ0) is 13.0. The van der Waals surface area contributed by atoms with Crippen molar-refractivity contribution in [3.63, 3.8) is 0 Å². The van der Waals surface area contributed by atoms with Crippen molar-refractivity contribution in [2.75, 3.05) is 7.05 Å². The summed E-state index contributed by atoms with van der Waals surface area (Å²) in [5.74, 6) is 1.63. The maximum atomic E-state index is 5.98. The number of rotatable bonds is 4. The number of benzene rings is 2. The monoisotopic (exact) mass is 261 g/mol. The molecule has 0 heterocycles. The van der Waals surface area contributed by atoms with Crippen LogP contribution < -0.4 is 10.1 Å². The molecule has 0 fully saturated rings. The van der Waals surface area contributed by atoms with Gasteiger partial charge in [0.25, 0.3) is 0 Å². The molecule has 0 aliphatic heterocycles. The van der Waals surface area contributed by atoms with Gasteiger partial charge in [0.2, 0.25) is 0 Å². The van der Waals surface area contributed by atoms with Gasteiger partial charge in [-0.05, 0) is 55.4 Å². The molecule has 0 radical (unpaired) electrons. The van der Waals surface area contributed by atoms with E-state index in [0.29, 0.717) is 0 Å². The molecule has 0 atom stereocenters. The number of ether oxygens (including phenoxy) is 1. The van der Waals surface area contributed by atoms with Gasteiger partial charge in [-0.15, -0.1) is 0 Å². The molecular weight excluding hydrogens is 246 g/mol. The highest BCUT2D eigenvalue weighted by atomic mass is 35.5. The van der Waals surface area contributed by atoms with E-state index in [0.717, 1.165) is 28.6 Å². The summed E-state index contributed by atoms with van der Waals surface area (Å²) in [4.78, 5) is 0. The standard InChI is InChI=1S/C15H16ClNO/c1-11-9-14(7-8-15(11)16)18-13-5-3-12(4-6-13)10-17-2/h3-9,17H,10H2,1-2H3. The van der Waals surface area contributed by atoms with Crippen LogP contribution in [-0.4, -0.2) is 7.05 Å². The van der Waals surface area contributed by atoms with Crippen LogP contribution in [0.5, 0.6) is 11.5 Å². The van der Waals surface area contributed by atoms with Gasteiger partial charge in [-0.3, -0.25) is 0 Å². The van der Waals surface area contributed by atoms with E-state index < -0.39 is 0 Å². The van der Waals surface area contributed by atoms with E-state index in [2.05, 4.69) is 17.4 Å². The fraction of sp³-hybridized carbons (Fsp3) is 0.200. The van der Waals surface area contributed by atoms with Crippen molar-refractivity contribution in [1.29, 1.82) is 0 Å². The Morgan fingerprint density at radius 1 is 1.06 bits per heavy atom. The largest absolute Gasteiger partial charge is 0.457 e. The third-order valence-electron chi connectivity index (χ3n) is 2.67. The smallest absolute Gasteiger partial charge is 0.127 e. The predicted octanol–water partition coefficient (Wildman–Crippen LogP) is 4.16. The van der Waals surface area contributed by atoms with E-state index >= 15 is 0 Å². The Bertz CT molecular complexity index is 523. The van der Waals surface area contributed by atoms with Crippen molar-refractivity contribution in [2.45, 2.75) is 13.5 Å². The highest BCUT2D eigenvalue weighted by Crippen LogP contribution is 2.26. The minimum absolute atomic E-state index is 0.756. The molecule has 0 aromatic heterocycles. The lowest BCUT2D eigenvalue weighted by Crippen LogP contribution is -2.04. The van der Waals surface area contributed by atoms with Gasteiger partial charge in [0.15, 0.2) is 0 Å². The molecule has 2 aromatic carbocycles. The van der Waals surface area contributed by atoms with Crippen LogP contribution in [0.25, 0.3) is 0 Å². The number of halogens is 1. The predicted molar refractivity (Wildman–Crippen MR) is 75.5 cm³/mol. The lowest BCUT2D eigenvalue weighted by atomic mass is 10.2. The quantitative estimate of drug-likeness (QED) is 0.892. The number of nitrogens with one attached hydrogen (secondary N) is 1. The van der Waals surface area contributed by atoms with E-state index in [-0.39, 0.29) is 0 Å². The summed E-state index contributed by atoms with van der Waals surface area (Å²) in [6.45, 7) is 2.82. The molecule has 0 saturated carbocycles. The SMILES string of the molecule is CNCc1ccc(Oc2ccc(Cl)c(C)c2)cc1. The summed E-state index contributed by atoms with van der Waals surface area (Å²) >= 11 is 5.98. The molecule has 94 valence electrons. The second kappa shape index (κ2) is 5.89. The molecular formula is C15H16ClNO. The van der Waals surface area contributed by atoms with Crippen LogP contribution in [0, 0.1) is 6.92 Å². The van der Waals surface area contributed by atoms with Gasteiger partial charge < -0.3 is 10.1 Å². The Morgan fingerprint density at radius 2 is 1.72 bits per heavy atom. The van der Waals surface area contributed by atoms with E-state index in [1.807, 2.05) is 44.3 Å². The molecule has 2 aromatic rings. The van der Waals surface area contributed by atoms with Crippen LogP contribution >= 0.6 is 11.6 Å². The minimum atomic E-state index is 0.756. The summed E-state index contributed by atoms with van der Waals surface area (Å²) in [6, 6.07) is 13.7. The molecule has 0 unspecified atom stereocenters. The first kappa shape index (κ1) is 12.9. The lowest BCUT2D eigenvalue weighted by molar-refractivity contribution is 0.482. The van der Waals surface area contributed by atoms with E-state index in [1.165, 1.54) is 5.56 Å². The van der Waals surface area contributed by atoms with Crippen LogP contribution in [0.15, 0.2) is 42.5 Å². The first-order chi connectivity index (χ1) is 8.69. The van der Waals surface area contributed by atoms with E-state index in [4.69, 9.17) is 16.3 Å². The third kappa shape index (κ3) is 3.25. The van der Waals surface area contributed by atoms with Gasteiger partial charge in [-0.25, -0.2) is 0 Å². The summed E-state index contributed by atoms with van der Waals surface area (Å²) in [5.41, 5.74) is 2.25. The van der Waals surface area contributed by atoms with Gasteiger partial charge in [-0.2, -0.15) is 0 Å². The molecule has 3 heteroatoms. The fourth-order valence-electron chi connectivity index (χ4n) is 1.70. The van der Waals surface area contributed by atoms with Crippen molar-refractivity contribution in [3.05, 3.63) is 58.6 Å². The highest BCUT2D eigenvalue weighted by Gasteiger charge is 2.00. The number of aryl methyl sites for hydroxylation is 1. The van der Waals surface area contributed by atoms with Gasteiger partial charge >= 0.3 is 0 Å². The first-order valence-corrected chi connectivity index (χ1v) is 6.24. The van der Waals surface area contributed by atoms with E-state index in [1.54, 1.807) is 0 Å². The molecule has 0 spiro atoms. The Kier molecular flexibility index (Phi) is 4.24. The summed E-state index contributed by atoms with van der Waals surface area (Å²) in [7, 11) is 1.93. The minimum Gasteiger partial charge on any atom is -0.457 e. The first-order valence-electron chi connectivity index (χ1n) is 5.86. The van der Waals surface area contributed by atoms with Gasteiger partial charge in [0.1, 0.15) is 11.5 Å². The Labute approximate surface area is 113 Å². The molecule has 0 saturated heterocycles. The normalized spacial score (nSPS) is 10.4. The molecule has 2 rings (SSSR count). The van der Waals surface area contributed by atoms with Gasteiger partial charge in [-0.1, -0.05) is 23.7 Å². The zero-order valence-corrected chi connectivity index (χ0v) is 11.3. The van der Waals surface area contributed by atoms with Crippen LogP contribution in [0.4, 0.5) is 0 Å². The molecule has 0 bridgehead atoms. The van der Waals surface area contributed by atoms with Crippen molar-refractivity contribution >= 4 is 11.6 Å². The molecule has 0 amide bonds. The maximum Gasteiger partial charge on any atom is 0.127 e.